The fraction of sp³-hybridized carbons (Fsp3) is 0. The lowest BCUT2D eigenvalue weighted by molar-refractivity contribution is -0.384. The predicted octanol–water partition coefficient (Wildman–Crippen LogP) is 5.59. The van der Waals surface area contributed by atoms with Crippen LogP contribution in [0.3, 0.4) is 0 Å². The monoisotopic (exact) mass is 350 g/mol. The first kappa shape index (κ1) is 15.0. The molecule has 3 aromatic rings. The number of fused-ring (bicyclic) bond motifs is 1. The summed E-state index contributed by atoms with van der Waals surface area (Å²) in [5.74, 6) is 0. The molecule has 4 nitrogen and oxygen atoms in total. The van der Waals surface area contributed by atoms with E-state index in [0.717, 1.165) is 10.2 Å². The third-order valence-corrected chi connectivity index (χ3v) is 4.75. The molecule has 0 saturated heterocycles. The van der Waals surface area contributed by atoms with Crippen LogP contribution in [0.1, 0.15) is 10.6 Å². The Labute approximate surface area is 139 Å². The zero-order chi connectivity index (χ0) is 15.7. The summed E-state index contributed by atoms with van der Waals surface area (Å²) < 4.78 is 1.03. The maximum Gasteiger partial charge on any atom is 0.288 e. The second-order valence-corrected chi connectivity index (χ2v) is 6.29. The Morgan fingerprint density at radius 1 is 1.27 bits per heavy atom. The van der Waals surface area contributed by atoms with Crippen LogP contribution in [0.25, 0.3) is 21.3 Å². The molecule has 0 radical (unpaired) electrons. The van der Waals surface area contributed by atoms with Crippen molar-refractivity contribution in [3.05, 3.63) is 68.2 Å². The molecule has 7 heteroatoms. The van der Waals surface area contributed by atoms with E-state index in [0.29, 0.717) is 15.6 Å². The van der Waals surface area contributed by atoms with Crippen LogP contribution in [-0.4, -0.2) is 9.91 Å². The van der Waals surface area contributed by atoms with E-state index in [2.05, 4.69) is 4.98 Å². The van der Waals surface area contributed by atoms with Crippen molar-refractivity contribution in [2.75, 3.05) is 0 Å². The number of hydrogen-bond acceptors (Lipinski definition) is 4. The van der Waals surface area contributed by atoms with Gasteiger partial charge in [0.1, 0.15) is 10.0 Å². The molecule has 3 rings (SSSR count). The lowest BCUT2D eigenvalue weighted by Crippen LogP contribution is -1.89. The number of rotatable bonds is 3. The van der Waals surface area contributed by atoms with Crippen LogP contribution in [0.5, 0.6) is 0 Å². The van der Waals surface area contributed by atoms with Crippen molar-refractivity contribution >= 4 is 61.6 Å². The molecule has 0 N–H and O–H groups in total. The molecule has 2 aromatic carbocycles. The van der Waals surface area contributed by atoms with Gasteiger partial charge in [0.15, 0.2) is 0 Å². The topological polar surface area (TPSA) is 56.0 Å². The Bertz CT molecular complexity index is 872. The van der Waals surface area contributed by atoms with E-state index in [-0.39, 0.29) is 10.7 Å². The fourth-order valence-electron chi connectivity index (χ4n) is 1.94. The van der Waals surface area contributed by atoms with Gasteiger partial charge in [-0.15, -0.1) is 11.3 Å². The van der Waals surface area contributed by atoms with E-state index in [4.69, 9.17) is 23.2 Å². The number of para-hydroxylation sites is 1. The van der Waals surface area contributed by atoms with E-state index in [1.54, 1.807) is 12.1 Å². The number of hydrogen-bond donors (Lipinski definition) is 0. The third-order valence-electron chi connectivity index (χ3n) is 2.96. The molecular formula is C15H8Cl2N2O2S. The molecule has 0 aliphatic rings. The third kappa shape index (κ3) is 2.97. The summed E-state index contributed by atoms with van der Waals surface area (Å²) in [6, 6.07) is 12.3. The van der Waals surface area contributed by atoms with Gasteiger partial charge in [0.25, 0.3) is 5.69 Å². The van der Waals surface area contributed by atoms with Crippen LogP contribution in [0.15, 0.2) is 42.5 Å². The van der Waals surface area contributed by atoms with Crippen molar-refractivity contribution in [1.29, 1.82) is 0 Å². The number of halogens is 2. The molecule has 0 spiro atoms. The van der Waals surface area contributed by atoms with Gasteiger partial charge in [0, 0.05) is 6.07 Å². The first-order chi connectivity index (χ1) is 10.5. The highest BCUT2D eigenvalue weighted by Gasteiger charge is 2.13. The molecule has 0 unspecified atom stereocenters. The first-order valence-corrected chi connectivity index (χ1v) is 7.79. The molecule has 1 aromatic heterocycles. The standard InChI is InChI=1S/C15H8Cl2N2O2S/c16-10-6-5-9(8-13(10)19(20)21)7-11(17)15-18-12-3-1-2-4-14(12)22-15/h1-8H/b11-7-. The van der Waals surface area contributed by atoms with Crippen molar-refractivity contribution in [2.45, 2.75) is 0 Å². The summed E-state index contributed by atoms with van der Waals surface area (Å²) in [5, 5.41) is 12.1. The summed E-state index contributed by atoms with van der Waals surface area (Å²) in [6.45, 7) is 0. The lowest BCUT2D eigenvalue weighted by atomic mass is 10.2. The molecule has 110 valence electrons. The Morgan fingerprint density at radius 2 is 2.05 bits per heavy atom. The zero-order valence-corrected chi connectivity index (χ0v) is 13.3. The number of benzene rings is 2. The quantitative estimate of drug-likeness (QED) is 0.456. The van der Waals surface area contributed by atoms with Gasteiger partial charge in [0.05, 0.1) is 20.2 Å². The molecule has 0 saturated carbocycles. The van der Waals surface area contributed by atoms with E-state index in [1.165, 1.54) is 23.5 Å². The van der Waals surface area contributed by atoms with Gasteiger partial charge in [-0.1, -0.05) is 41.4 Å². The van der Waals surface area contributed by atoms with Crippen LogP contribution in [0, 0.1) is 10.1 Å². The van der Waals surface area contributed by atoms with Crippen molar-refractivity contribution in [3.63, 3.8) is 0 Å². The summed E-state index contributed by atoms with van der Waals surface area (Å²) in [6.07, 6.45) is 1.64. The average Bonchev–Trinajstić information content (AvgIpc) is 2.93. The van der Waals surface area contributed by atoms with Gasteiger partial charge in [-0.05, 0) is 29.8 Å². The second kappa shape index (κ2) is 6.04. The van der Waals surface area contributed by atoms with E-state index in [1.807, 2.05) is 24.3 Å². The minimum atomic E-state index is -0.523. The van der Waals surface area contributed by atoms with Gasteiger partial charge < -0.3 is 0 Å². The van der Waals surface area contributed by atoms with Crippen LogP contribution in [-0.2, 0) is 0 Å². The van der Waals surface area contributed by atoms with Crippen LogP contribution < -0.4 is 0 Å². The Kier molecular flexibility index (Phi) is 4.11. The Hall–Kier alpha value is -1.95. The lowest BCUT2D eigenvalue weighted by Gasteiger charge is -1.98. The highest BCUT2D eigenvalue weighted by molar-refractivity contribution is 7.20. The van der Waals surface area contributed by atoms with Gasteiger partial charge in [-0.3, -0.25) is 10.1 Å². The Balaban J connectivity index is 2.00. The maximum atomic E-state index is 10.9. The fourth-order valence-corrected chi connectivity index (χ4v) is 3.29. The molecule has 0 amide bonds. The highest BCUT2D eigenvalue weighted by Crippen LogP contribution is 2.32. The summed E-state index contributed by atoms with van der Waals surface area (Å²) in [4.78, 5) is 14.8. The van der Waals surface area contributed by atoms with Crippen molar-refractivity contribution in [1.82, 2.24) is 4.98 Å². The van der Waals surface area contributed by atoms with Crippen molar-refractivity contribution in [2.24, 2.45) is 0 Å². The number of nitrogens with zero attached hydrogens (tertiary/aromatic N) is 2. The molecule has 0 atom stereocenters. The highest BCUT2D eigenvalue weighted by atomic mass is 35.5. The number of nitro groups is 1. The second-order valence-electron chi connectivity index (χ2n) is 4.45. The van der Waals surface area contributed by atoms with Crippen molar-refractivity contribution in [3.8, 4) is 0 Å². The molecule has 0 aliphatic carbocycles. The van der Waals surface area contributed by atoms with E-state index in [9.17, 15) is 10.1 Å². The molecule has 1 heterocycles. The molecule has 0 bridgehead atoms. The van der Waals surface area contributed by atoms with E-state index < -0.39 is 4.92 Å². The average molecular weight is 351 g/mol. The summed E-state index contributed by atoms with van der Waals surface area (Å²) in [7, 11) is 0. The van der Waals surface area contributed by atoms with E-state index >= 15 is 0 Å². The van der Waals surface area contributed by atoms with Gasteiger partial charge in [-0.2, -0.15) is 0 Å². The van der Waals surface area contributed by atoms with Crippen LogP contribution >= 0.6 is 34.5 Å². The van der Waals surface area contributed by atoms with Crippen molar-refractivity contribution < 1.29 is 4.92 Å². The zero-order valence-electron chi connectivity index (χ0n) is 11.0. The smallest absolute Gasteiger partial charge is 0.258 e. The summed E-state index contributed by atoms with van der Waals surface area (Å²) >= 11 is 13.5. The number of thiazole rings is 1. The summed E-state index contributed by atoms with van der Waals surface area (Å²) in [5.41, 5.74) is 1.32. The minimum Gasteiger partial charge on any atom is -0.258 e. The van der Waals surface area contributed by atoms with Gasteiger partial charge in [-0.25, -0.2) is 4.98 Å². The van der Waals surface area contributed by atoms with Crippen LogP contribution in [0.2, 0.25) is 5.02 Å². The normalized spacial score (nSPS) is 11.8. The maximum absolute atomic E-state index is 10.9. The number of nitro benzene ring substituents is 1. The number of aromatic nitrogens is 1. The minimum absolute atomic E-state index is 0.0956. The molecule has 22 heavy (non-hydrogen) atoms. The predicted molar refractivity (Wildman–Crippen MR) is 91.5 cm³/mol. The first-order valence-electron chi connectivity index (χ1n) is 6.21. The van der Waals surface area contributed by atoms with Gasteiger partial charge in [0.2, 0.25) is 0 Å². The van der Waals surface area contributed by atoms with Crippen LogP contribution in [0.4, 0.5) is 5.69 Å². The SMILES string of the molecule is O=[N+]([O-])c1cc(/C=C(\Cl)c2nc3ccccc3s2)ccc1Cl. The Morgan fingerprint density at radius 3 is 2.77 bits per heavy atom. The van der Waals surface area contributed by atoms with Gasteiger partial charge >= 0.3 is 0 Å². The molecule has 0 fully saturated rings. The largest absolute Gasteiger partial charge is 0.288 e. The molecular weight excluding hydrogens is 343 g/mol. The molecule has 0 aliphatic heterocycles.